The maximum absolute atomic E-state index is 14.1. The minimum Gasteiger partial charge on any atom is -0.494 e. The van der Waals surface area contributed by atoms with Gasteiger partial charge in [0.15, 0.2) is 21.4 Å². The minimum atomic E-state index is -3.30. The molecule has 6 heteroatoms. The van der Waals surface area contributed by atoms with E-state index in [1.807, 2.05) is 0 Å². The van der Waals surface area contributed by atoms with Gasteiger partial charge in [-0.15, -0.1) is 0 Å². The molecule has 0 spiro atoms. The first-order valence-electron chi connectivity index (χ1n) is 6.15. The van der Waals surface area contributed by atoms with Crippen molar-refractivity contribution in [3.05, 3.63) is 59.4 Å². The van der Waals surface area contributed by atoms with E-state index in [4.69, 9.17) is 4.74 Å². The molecular formula is C15H15FO4S. The van der Waals surface area contributed by atoms with Crippen molar-refractivity contribution in [2.45, 2.75) is 11.0 Å². The topological polar surface area (TPSA) is 63.6 Å². The number of sulfone groups is 1. The van der Waals surface area contributed by atoms with Crippen molar-refractivity contribution in [1.29, 1.82) is 0 Å². The summed E-state index contributed by atoms with van der Waals surface area (Å²) in [4.78, 5) is 0.143. The van der Waals surface area contributed by atoms with E-state index in [-0.39, 0.29) is 16.2 Å². The van der Waals surface area contributed by atoms with E-state index >= 15 is 0 Å². The normalized spacial score (nSPS) is 13.0. The van der Waals surface area contributed by atoms with Gasteiger partial charge in [-0.2, -0.15) is 0 Å². The molecule has 1 N–H and O–H groups in total. The number of aliphatic hydroxyl groups is 1. The summed E-state index contributed by atoms with van der Waals surface area (Å²) in [6.45, 7) is 0. The number of aliphatic hydroxyl groups excluding tert-OH is 1. The number of rotatable bonds is 4. The lowest BCUT2D eigenvalue weighted by Gasteiger charge is -2.14. The summed E-state index contributed by atoms with van der Waals surface area (Å²) in [5, 5.41) is 10.2. The van der Waals surface area contributed by atoms with E-state index in [1.165, 1.54) is 43.5 Å². The number of ether oxygens (including phenoxy) is 1. The fourth-order valence-corrected chi connectivity index (χ4v) is 2.60. The quantitative estimate of drug-likeness (QED) is 0.941. The zero-order valence-electron chi connectivity index (χ0n) is 11.6. The molecule has 0 aliphatic rings. The van der Waals surface area contributed by atoms with E-state index in [9.17, 15) is 17.9 Å². The summed E-state index contributed by atoms with van der Waals surface area (Å²) in [6.07, 6.45) is -0.103. The van der Waals surface area contributed by atoms with Gasteiger partial charge in [0, 0.05) is 11.8 Å². The summed E-state index contributed by atoms with van der Waals surface area (Å²) in [5.74, 6) is -0.598. The van der Waals surface area contributed by atoms with Crippen LogP contribution in [0.15, 0.2) is 47.4 Å². The molecule has 0 fully saturated rings. The predicted molar refractivity (Wildman–Crippen MR) is 76.6 cm³/mol. The highest BCUT2D eigenvalue weighted by Crippen LogP contribution is 2.29. The Labute approximate surface area is 122 Å². The number of methoxy groups -OCH3 is 1. The first kappa shape index (κ1) is 15.5. The third-order valence-electron chi connectivity index (χ3n) is 3.13. The molecular weight excluding hydrogens is 295 g/mol. The van der Waals surface area contributed by atoms with Crippen molar-refractivity contribution >= 4 is 9.84 Å². The van der Waals surface area contributed by atoms with Crippen molar-refractivity contribution in [3.63, 3.8) is 0 Å². The number of benzene rings is 2. The van der Waals surface area contributed by atoms with E-state index < -0.39 is 21.8 Å². The van der Waals surface area contributed by atoms with Gasteiger partial charge in [-0.25, -0.2) is 12.8 Å². The van der Waals surface area contributed by atoms with Crippen LogP contribution in [-0.4, -0.2) is 26.9 Å². The van der Waals surface area contributed by atoms with Crippen molar-refractivity contribution in [1.82, 2.24) is 0 Å². The Balaban J connectivity index is 2.39. The molecule has 0 amide bonds. The van der Waals surface area contributed by atoms with Gasteiger partial charge in [0.2, 0.25) is 0 Å². The lowest BCUT2D eigenvalue weighted by molar-refractivity contribution is 0.213. The van der Waals surface area contributed by atoms with E-state index in [2.05, 4.69) is 0 Å². The second kappa shape index (κ2) is 5.83. The van der Waals surface area contributed by atoms with Crippen LogP contribution in [0.2, 0.25) is 0 Å². The molecule has 0 aromatic heterocycles. The van der Waals surface area contributed by atoms with Gasteiger partial charge in [-0.3, -0.25) is 0 Å². The molecule has 21 heavy (non-hydrogen) atoms. The summed E-state index contributed by atoms with van der Waals surface area (Å²) >= 11 is 0. The summed E-state index contributed by atoms with van der Waals surface area (Å²) < 4.78 is 41.7. The molecule has 4 nitrogen and oxygen atoms in total. The maximum Gasteiger partial charge on any atom is 0.175 e. The predicted octanol–water partition coefficient (Wildman–Crippen LogP) is 2.32. The van der Waals surface area contributed by atoms with E-state index in [1.54, 1.807) is 6.07 Å². The second-order valence-electron chi connectivity index (χ2n) is 4.61. The van der Waals surface area contributed by atoms with Crippen LogP contribution >= 0.6 is 0 Å². The van der Waals surface area contributed by atoms with Crippen LogP contribution in [0.1, 0.15) is 17.2 Å². The summed E-state index contributed by atoms with van der Waals surface area (Å²) in [5.41, 5.74) is 0.469. The first-order chi connectivity index (χ1) is 9.84. The third kappa shape index (κ3) is 3.22. The Morgan fingerprint density at radius 1 is 1.14 bits per heavy atom. The highest BCUT2D eigenvalue weighted by molar-refractivity contribution is 7.90. The first-order valence-corrected chi connectivity index (χ1v) is 8.04. The number of hydrogen-bond donors (Lipinski definition) is 1. The standard InChI is InChI=1S/C15H15FO4S/c1-20-13-5-3-4-12(14(13)16)15(17)10-6-8-11(9-7-10)21(2,18)19/h3-9,15,17H,1-2H3. The van der Waals surface area contributed by atoms with Gasteiger partial charge in [0.05, 0.1) is 12.0 Å². The van der Waals surface area contributed by atoms with Crippen LogP contribution in [0.4, 0.5) is 4.39 Å². The van der Waals surface area contributed by atoms with Crippen molar-refractivity contribution in [3.8, 4) is 5.75 Å². The molecule has 0 saturated heterocycles. The average Bonchev–Trinajstić information content (AvgIpc) is 2.46. The lowest BCUT2D eigenvalue weighted by Crippen LogP contribution is -2.05. The Bertz CT molecular complexity index is 739. The molecule has 1 atom stereocenters. The fraction of sp³-hybridized carbons (Fsp3) is 0.200. The molecule has 1 unspecified atom stereocenters. The van der Waals surface area contributed by atoms with Crippen LogP contribution in [-0.2, 0) is 9.84 Å². The molecule has 0 heterocycles. The minimum absolute atomic E-state index is 0.0410. The van der Waals surface area contributed by atoms with E-state index in [0.717, 1.165) is 6.26 Å². The molecule has 0 saturated carbocycles. The van der Waals surface area contributed by atoms with Gasteiger partial charge in [0.1, 0.15) is 6.10 Å². The molecule has 0 aliphatic heterocycles. The van der Waals surface area contributed by atoms with Gasteiger partial charge in [0.25, 0.3) is 0 Å². The van der Waals surface area contributed by atoms with Crippen LogP contribution in [0.5, 0.6) is 5.75 Å². The SMILES string of the molecule is COc1cccc(C(O)c2ccc(S(C)(=O)=O)cc2)c1F. The molecule has 112 valence electrons. The fourth-order valence-electron chi connectivity index (χ4n) is 1.97. The number of hydrogen-bond acceptors (Lipinski definition) is 4. The van der Waals surface area contributed by atoms with Gasteiger partial charge >= 0.3 is 0 Å². The van der Waals surface area contributed by atoms with Crippen LogP contribution in [0.3, 0.4) is 0 Å². The lowest BCUT2D eigenvalue weighted by atomic mass is 10.0. The molecule has 2 rings (SSSR count). The highest BCUT2D eigenvalue weighted by atomic mass is 32.2. The van der Waals surface area contributed by atoms with Crippen molar-refractivity contribution < 1.29 is 22.7 Å². The monoisotopic (exact) mass is 310 g/mol. The Morgan fingerprint density at radius 3 is 2.29 bits per heavy atom. The molecule has 0 radical (unpaired) electrons. The maximum atomic E-state index is 14.1. The van der Waals surface area contributed by atoms with Crippen molar-refractivity contribution in [2.24, 2.45) is 0 Å². The van der Waals surface area contributed by atoms with Gasteiger partial charge in [-0.05, 0) is 23.8 Å². The average molecular weight is 310 g/mol. The molecule has 2 aromatic carbocycles. The van der Waals surface area contributed by atoms with Gasteiger partial charge in [-0.1, -0.05) is 24.3 Å². The van der Waals surface area contributed by atoms with Crippen molar-refractivity contribution in [2.75, 3.05) is 13.4 Å². The molecule has 0 bridgehead atoms. The number of halogens is 1. The largest absolute Gasteiger partial charge is 0.494 e. The summed E-state index contributed by atoms with van der Waals surface area (Å²) in [6, 6.07) is 10.2. The Morgan fingerprint density at radius 2 is 1.76 bits per heavy atom. The van der Waals surface area contributed by atoms with Crippen LogP contribution in [0, 0.1) is 5.82 Å². The molecule has 0 aliphatic carbocycles. The highest BCUT2D eigenvalue weighted by Gasteiger charge is 2.18. The molecule has 2 aromatic rings. The zero-order chi connectivity index (χ0) is 15.6. The van der Waals surface area contributed by atoms with Gasteiger partial charge < -0.3 is 9.84 Å². The smallest absolute Gasteiger partial charge is 0.175 e. The van der Waals surface area contributed by atoms with Crippen LogP contribution in [0.25, 0.3) is 0 Å². The third-order valence-corrected chi connectivity index (χ3v) is 4.26. The Kier molecular flexibility index (Phi) is 4.29. The second-order valence-corrected chi connectivity index (χ2v) is 6.62. The van der Waals surface area contributed by atoms with E-state index in [0.29, 0.717) is 5.56 Å². The Hall–Kier alpha value is -1.92. The zero-order valence-corrected chi connectivity index (χ0v) is 12.4. The van der Waals surface area contributed by atoms with Crippen LogP contribution < -0.4 is 4.74 Å². The summed E-state index contributed by atoms with van der Waals surface area (Å²) in [7, 11) is -1.96.